The van der Waals surface area contributed by atoms with E-state index in [0.29, 0.717) is 12.1 Å². The molecular weight excluding hydrogens is 278 g/mol. The molecule has 0 atom stereocenters. The second-order valence-corrected chi connectivity index (χ2v) is 5.44. The minimum atomic E-state index is -0.0235. The molecule has 0 radical (unpaired) electrons. The van der Waals surface area contributed by atoms with E-state index >= 15 is 0 Å². The van der Waals surface area contributed by atoms with Crippen LogP contribution in [0.15, 0.2) is 41.2 Å². The van der Waals surface area contributed by atoms with Crippen molar-refractivity contribution in [1.29, 1.82) is 0 Å². The topological polar surface area (TPSA) is 60.5 Å². The normalized spacial score (nSPS) is 11.0. The maximum atomic E-state index is 12.6. The minimum Gasteiger partial charge on any atom is -0.497 e. The molecule has 0 aliphatic heterocycles. The molecule has 2 N–H and O–H groups in total. The van der Waals surface area contributed by atoms with E-state index in [1.165, 1.54) is 0 Å². The predicted octanol–water partition coefficient (Wildman–Crippen LogP) is 1.54. The number of methoxy groups -OCH3 is 1. The van der Waals surface area contributed by atoms with E-state index < -0.39 is 0 Å². The Morgan fingerprint density at radius 3 is 2.64 bits per heavy atom. The second-order valence-electron chi connectivity index (χ2n) is 5.44. The van der Waals surface area contributed by atoms with Gasteiger partial charge in [0.1, 0.15) is 5.75 Å². The van der Waals surface area contributed by atoms with Crippen LogP contribution in [0, 0.1) is 0 Å². The smallest absolute Gasteiger partial charge is 0.255 e. The third kappa shape index (κ3) is 3.55. The van der Waals surface area contributed by atoms with Crippen molar-refractivity contribution in [3.8, 4) is 17.0 Å². The predicted molar refractivity (Wildman–Crippen MR) is 89.1 cm³/mol. The van der Waals surface area contributed by atoms with Crippen molar-refractivity contribution in [2.75, 3.05) is 27.7 Å². The van der Waals surface area contributed by atoms with Crippen LogP contribution in [0.25, 0.3) is 11.3 Å². The molecule has 0 aliphatic rings. The molecule has 5 heteroatoms. The summed E-state index contributed by atoms with van der Waals surface area (Å²) in [6.07, 6.45) is 0. The number of ether oxygens (including phenoxy) is 1. The standard InChI is InChI=1S/C17H23N3O2/c1-19(2)9-10-20-16(8-7-14(12-18)17(20)21)13-5-4-6-15(11-13)22-3/h4-8,11H,9-10,12,18H2,1-3H3. The van der Waals surface area contributed by atoms with Gasteiger partial charge in [-0.05, 0) is 32.3 Å². The van der Waals surface area contributed by atoms with Crippen LogP contribution in [0.1, 0.15) is 5.56 Å². The van der Waals surface area contributed by atoms with Gasteiger partial charge in [-0.2, -0.15) is 0 Å². The molecule has 118 valence electrons. The van der Waals surface area contributed by atoms with Gasteiger partial charge in [-0.15, -0.1) is 0 Å². The lowest BCUT2D eigenvalue weighted by atomic mass is 10.1. The largest absolute Gasteiger partial charge is 0.497 e. The van der Waals surface area contributed by atoms with Gasteiger partial charge in [0.25, 0.3) is 5.56 Å². The fourth-order valence-corrected chi connectivity index (χ4v) is 2.34. The Morgan fingerprint density at radius 2 is 2.00 bits per heavy atom. The van der Waals surface area contributed by atoms with Gasteiger partial charge in [-0.1, -0.05) is 18.2 Å². The zero-order valence-corrected chi connectivity index (χ0v) is 13.4. The number of benzene rings is 1. The van der Waals surface area contributed by atoms with E-state index in [0.717, 1.165) is 23.6 Å². The quantitative estimate of drug-likeness (QED) is 0.879. The molecule has 0 aliphatic carbocycles. The first-order valence-corrected chi connectivity index (χ1v) is 7.28. The third-order valence-electron chi connectivity index (χ3n) is 3.61. The number of nitrogens with zero attached hydrogens (tertiary/aromatic N) is 2. The molecule has 0 amide bonds. The van der Waals surface area contributed by atoms with Gasteiger partial charge in [0, 0.05) is 30.8 Å². The van der Waals surface area contributed by atoms with Crippen LogP contribution in [-0.4, -0.2) is 37.2 Å². The van der Waals surface area contributed by atoms with Crippen molar-refractivity contribution in [2.45, 2.75) is 13.1 Å². The van der Waals surface area contributed by atoms with E-state index in [2.05, 4.69) is 4.90 Å². The molecule has 0 saturated heterocycles. The van der Waals surface area contributed by atoms with Gasteiger partial charge in [0.05, 0.1) is 12.8 Å². The van der Waals surface area contributed by atoms with Crippen LogP contribution in [0.4, 0.5) is 0 Å². The highest BCUT2D eigenvalue weighted by atomic mass is 16.5. The number of pyridine rings is 1. The van der Waals surface area contributed by atoms with Gasteiger partial charge in [-0.3, -0.25) is 4.79 Å². The summed E-state index contributed by atoms with van der Waals surface area (Å²) in [6, 6.07) is 11.5. The van der Waals surface area contributed by atoms with Crippen LogP contribution >= 0.6 is 0 Å². The Labute approximate surface area is 130 Å². The average molecular weight is 301 g/mol. The fourth-order valence-electron chi connectivity index (χ4n) is 2.34. The number of nitrogens with two attached hydrogens (primary N) is 1. The van der Waals surface area contributed by atoms with Gasteiger partial charge in [0.2, 0.25) is 0 Å². The van der Waals surface area contributed by atoms with E-state index in [-0.39, 0.29) is 12.1 Å². The molecule has 1 heterocycles. The highest BCUT2D eigenvalue weighted by Gasteiger charge is 2.10. The maximum absolute atomic E-state index is 12.6. The molecule has 0 fully saturated rings. The van der Waals surface area contributed by atoms with Crippen LogP contribution in [0.5, 0.6) is 5.75 Å². The lowest BCUT2D eigenvalue weighted by Crippen LogP contribution is -2.30. The SMILES string of the molecule is COc1cccc(-c2ccc(CN)c(=O)n2CCN(C)C)c1. The molecule has 0 bridgehead atoms. The van der Waals surface area contributed by atoms with E-state index in [9.17, 15) is 4.79 Å². The lowest BCUT2D eigenvalue weighted by molar-refractivity contribution is 0.381. The molecule has 22 heavy (non-hydrogen) atoms. The molecule has 2 rings (SSSR count). The summed E-state index contributed by atoms with van der Waals surface area (Å²) in [5.74, 6) is 0.770. The molecule has 5 nitrogen and oxygen atoms in total. The van der Waals surface area contributed by atoms with Gasteiger partial charge in [-0.25, -0.2) is 0 Å². The summed E-state index contributed by atoms with van der Waals surface area (Å²) in [5.41, 5.74) is 8.11. The number of aromatic nitrogens is 1. The fraction of sp³-hybridized carbons (Fsp3) is 0.353. The van der Waals surface area contributed by atoms with Crippen molar-refractivity contribution in [1.82, 2.24) is 9.47 Å². The molecule has 1 aromatic carbocycles. The van der Waals surface area contributed by atoms with Crippen LogP contribution < -0.4 is 16.0 Å². The lowest BCUT2D eigenvalue weighted by Gasteiger charge is -2.17. The van der Waals surface area contributed by atoms with Gasteiger partial charge < -0.3 is 19.9 Å². The summed E-state index contributed by atoms with van der Waals surface area (Å²) in [7, 11) is 5.61. The van der Waals surface area contributed by atoms with E-state index in [1.807, 2.05) is 50.5 Å². The van der Waals surface area contributed by atoms with Crippen molar-refractivity contribution < 1.29 is 4.74 Å². The van der Waals surface area contributed by atoms with Gasteiger partial charge in [0.15, 0.2) is 0 Å². The van der Waals surface area contributed by atoms with Crippen LogP contribution in [0.3, 0.4) is 0 Å². The van der Waals surface area contributed by atoms with Crippen molar-refractivity contribution >= 4 is 0 Å². The molecule has 1 aromatic heterocycles. The summed E-state index contributed by atoms with van der Waals surface area (Å²) in [6.45, 7) is 1.65. The van der Waals surface area contributed by atoms with Crippen LogP contribution in [-0.2, 0) is 13.1 Å². The van der Waals surface area contributed by atoms with Crippen molar-refractivity contribution in [2.24, 2.45) is 5.73 Å². The Kier molecular flexibility index (Phi) is 5.35. The highest BCUT2D eigenvalue weighted by Crippen LogP contribution is 2.23. The molecule has 0 saturated carbocycles. The number of hydrogen-bond acceptors (Lipinski definition) is 4. The van der Waals surface area contributed by atoms with Gasteiger partial charge >= 0.3 is 0 Å². The first kappa shape index (κ1) is 16.3. The number of hydrogen-bond donors (Lipinski definition) is 1. The number of likely N-dealkylation sites (N-methyl/N-ethyl adjacent to an activating group) is 1. The summed E-state index contributed by atoms with van der Waals surface area (Å²) < 4.78 is 7.06. The molecule has 0 unspecified atom stereocenters. The number of rotatable bonds is 6. The van der Waals surface area contributed by atoms with Crippen molar-refractivity contribution in [3.63, 3.8) is 0 Å². The summed E-state index contributed by atoms with van der Waals surface area (Å²) >= 11 is 0. The summed E-state index contributed by atoms with van der Waals surface area (Å²) in [5, 5.41) is 0. The Morgan fingerprint density at radius 1 is 1.23 bits per heavy atom. The first-order chi connectivity index (χ1) is 10.6. The third-order valence-corrected chi connectivity index (χ3v) is 3.61. The second kappa shape index (κ2) is 7.24. The average Bonchev–Trinajstić information content (AvgIpc) is 2.53. The van der Waals surface area contributed by atoms with E-state index in [4.69, 9.17) is 10.5 Å². The minimum absolute atomic E-state index is 0.0235. The zero-order valence-electron chi connectivity index (χ0n) is 13.4. The Balaban J connectivity index is 2.53. The van der Waals surface area contributed by atoms with Crippen LogP contribution in [0.2, 0.25) is 0 Å². The first-order valence-electron chi connectivity index (χ1n) is 7.28. The highest BCUT2D eigenvalue weighted by molar-refractivity contribution is 5.62. The Bertz CT molecular complexity index is 693. The summed E-state index contributed by atoms with van der Waals surface area (Å²) in [4.78, 5) is 14.6. The maximum Gasteiger partial charge on any atom is 0.255 e. The molecular formula is C17H23N3O2. The zero-order chi connectivity index (χ0) is 16.1. The molecule has 0 spiro atoms. The van der Waals surface area contributed by atoms with Crippen molar-refractivity contribution in [3.05, 3.63) is 52.3 Å². The molecule has 2 aromatic rings. The van der Waals surface area contributed by atoms with E-state index in [1.54, 1.807) is 11.7 Å². The Hall–Kier alpha value is -2.11. The monoisotopic (exact) mass is 301 g/mol.